The molecule has 90 valence electrons. The largest absolute Gasteiger partial charge is 0.330 e. The lowest BCUT2D eigenvalue weighted by molar-refractivity contribution is 0.822. The second-order valence-corrected chi connectivity index (χ2v) is 4.22. The zero-order valence-corrected chi connectivity index (χ0v) is 10.6. The molecule has 1 aromatic carbocycles. The van der Waals surface area contributed by atoms with Gasteiger partial charge in [-0.05, 0) is 24.7 Å². The Balaban J connectivity index is 2.51. The van der Waals surface area contributed by atoms with E-state index in [2.05, 4.69) is 10.2 Å². The maximum absolute atomic E-state index is 5.97. The number of benzene rings is 1. The molecule has 0 radical (unpaired) electrons. The van der Waals surface area contributed by atoms with Crippen LogP contribution in [0.2, 0.25) is 5.02 Å². The van der Waals surface area contributed by atoms with Crippen molar-refractivity contribution in [2.75, 3.05) is 6.54 Å². The third kappa shape index (κ3) is 2.60. The van der Waals surface area contributed by atoms with Crippen molar-refractivity contribution in [1.29, 1.82) is 0 Å². The summed E-state index contributed by atoms with van der Waals surface area (Å²) in [5.74, 6) is 1.78. The molecular weight excluding hydrogens is 259 g/mol. The van der Waals surface area contributed by atoms with Crippen LogP contribution in [0.15, 0.2) is 24.3 Å². The minimum absolute atomic E-state index is 0.296. The van der Waals surface area contributed by atoms with Crippen LogP contribution >= 0.6 is 23.2 Å². The number of alkyl halides is 1. The summed E-state index contributed by atoms with van der Waals surface area (Å²) in [6.07, 6.45) is 0.649. The summed E-state index contributed by atoms with van der Waals surface area (Å²) in [6, 6.07) is 7.48. The molecule has 0 aliphatic heterocycles. The molecule has 1 aromatic heterocycles. The van der Waals surface area contributed by atoms with E-state index in [4.69, 9.17) is 28.9 Å². The third-order valence-corrected chi connectivity index (χ3v) is 2.83. The Morgan fingerprint density at radius 3 is 2.65 bits per heavy atom. The number of hydrogen-bond donors (Lipinski definition) is 1. The Morgan fingerprint density at radius 1 is 1.24 bits per heavy atom. The summed E-state index contributed by atoms with van der Waals surface area (Å²) < 4.78 is 1.89. The molecule has 0 fully saturated rings. The van der Waals surface area contributed by atoms with Crippen molar-refractivity contribution >= 4 is 23.2 Å². The molecule has 0 amide bonds. The van der Waals surface area contributed by atoms with Crippen LogP contribution in [-0.2, 0) is 12.3 Å². The smallest absolute Gasteiger partial charge is 0.152 e. The zero-order valence-electron chi connectivity index (χ0n) is 9.11. The first kappa shape index (κ1) is 12.4. The lowest BCUT2D eigenvalue weighted by Gasteiger charge is -2.08. The summed E-state index contributed by atoms with van der Waals surface area (Å²) in [5, 5.41) is 8.79. The topological polar surface area (TPSA) is 56.7 Å². The predicted molar refractivity (Wildman–Crippen MR) is 68.7 cm³/mol. The molecule has 17 heavy (non-hydrogen) atoms. The molecule has 2 aromatic rings. The first-order chi connectivity index (χ1) is 8.26. The number of rotatable bonds is 4. The molecule has 2 rings (SSSR count). The van der Waals surface area contributed by atoms with E-state index in [1.807, 2.05) is 28.8 Å². The number of hydrogen-bond acceptors (Lipinski definition) is 3. The Labute approximate surface area is 109 Å². The van der Waals surface area contributed by atoms with Crippen LogP contribution in [0.25, 0.3) is 5.69 Å². The van der Waals surface area contributed by atoms with Crippen molar-refractivity contribution in [3.05, 3.63) is 40.9 Å². The fourth-order valence-electron chi connectivity index (χ4n) is 1.64. The molecule has 0 unspecified atom stereocenters. The fourth-order valence-corrected chi connectivity index (χ4v) is 2.00. The molecule has 4 nitrogen and oxygen atoms in total. The zero-order chi connectivity index (χ0) is 12.3. The number of nitrogens with zero attached hydrogens (tertiary/aromatic N) is 3. The lowest BCUT2D eigenvalue weighted by atomic mass is 10.3. The molecule has 0 saturated carbocycles. The summed E-state index contributed by atoms with van der Waals surface area (Å²) >= 11 is 11.8. The van der Waals surface area contributed by atoms with Gasteiger partial charge in [-0.3, -0.25) is 4.57 Å². The van der Waals surface area contributed by atoms with E-state index in [9.17, 15) is 0 Å². The summed E-state index contributed by atoms with van der Waals surface area (Å²) in [5.41, 5.74) is 6.45. The van der Waals surface area contributed by atoms with Crippen LogP contribution in [0.3, 0.4) is 0 Å². The van der Waals surface area contributed by atoms with Gasteiger partial charge in [0.2, 0.25) is 0 Å². The fraction of sp³-hybridized carbons (Fsp3) is 0.273. The van der Waals surface area contributed by atoms with E-state index in [-0.39, 0.29) is 0 Å². The molecule has 0 spiro atoms. The van der Waals surface area contributed by atoms with Crippen LogP contribution in [0, 0.1) is 0 Å². The van der Waals surface area contributed by atoms with E-state index in [1.165, 1.54) is 0 Å². The van der Waals surface area contributed by atoms with Crippen molar-refractivity contribution in [3.63, 3.8) is 0 Å². The average molecular weight is 271 g/mol. The third-order valence-electron chi connectivity index (χ3n) is 2.35. The normalized spacial score (nSPS) is 10.8. The van der Waals surface area contributed by atoms with E-state index in [0.717, 1.165) is 11.5 Å². The van der Waals surface area contributed by atoms with Gasteiger partial charge in [0.25, 0.3) is 0 Å². The molecular formula is C11H12Cl2N4. The second kappa shape index (κ2) is 5.49. The van der Waals surface area contributed by atoms with Gasteiger partial charge < -0.3 is 5.73 Å². The van der Waals surface area contributed by atoms with Gasteiger partial charge in [0.1, 0.15) is 5.82 Å². The summed E-state index contributed by atoms with van der Waals surface area (Å²) in [7, 11) is 0. The molecule has 0 atom stereocenters. The lowest BCUT2D eigenvalue weighted by Crippen LogP contribution is -2.10. The molecule has 0 aliphatic carbocycles. The van der Waals surface area contributed by atoms with Gasteiger partial charge in [-0.1, -0.05) is 17.7 Å². The summed E-state index contributed by atoms with van der Waals surface area (Å²) in [4.78, 5) is 0. The van der Waals surface area contributed by atoms with Crippen molar-refractivity contribution in [3.8, 4) is 5.69 Å². The Bertz CT molecular complexity index is 510. The van der Waals surface area contributed by atoms with Gasteiger partial charge in [-0.25, -0.2) is 0 Å². The molecule has 0 aliphatic rings. The highest BCUT2D eigenvalue weighted by Gasteiger charge is 2.12. The van der Waals surface area contributed by atoms with Crippen molar-refractivity contribution in [2.45, 2.75) is 12.3 Å². The molecule has 1 heterocycles. The van der Waals surface area contributed by atoms with Crippen molar-refractivity contribution in [2.24, 2.45) is 5.73 Å². The van der Waals surface area contributed by atoms with Gasteiger partial charge in [0.15, 0.2) is 5.82 Å². The quantitative estimate of drug-likeness (QED) is 0.867. The number of aromatic nitrogens is 3. The van der Waals surface area contributed by atoms with Gasteiger partial charge >= 0.3 is 0 Å². The van der Waals surface area contributed by atoms with Crippen LogP contribution in [0.1, 0.15) is 11.6 Å². The van der Waals surface area contributed by atoms with E-state index < -0.39 is 0 Å². The Morgan fingerprint density at radius 2 is 2.00 bits per heavy atom. The SMILES string of the molecule is NCCc1nnc(CCl)n1-c1cccc(Cl)c1. The number of halogens is 2. The standard InChI is InChI=1S/C11H12Cl2N4/c12-7-11-16-15-10(4-5-14)17(11)9-3-1-2-8(13)6-9/h1-3,6H,4-5,7,14H2. The Hall–Kier alpha value is -1.10. The Kier molecular flexibility index (Phi) is 3.99. The van der Waals surface area contributed by atoms with Crippen molar-refractivity contribution in [1.82, 2.24) is 14.8 Å². The maximum atomic E-state index is 5.97. The first-order valence-electron chi connectivity index (χ1n) is 5.21. The van der Waals surface area contributed by atoms with Gasteiger partial charge in [0.05, 0.1) is 11.6 Å². The minimum atomic E-state index is 0.296. The predicted octanol–water partition coefficient (Wildman–Crippen LogP) is 2.16. The van der Waals surface area contributed by atoms with E-state index in [1.54, 1.807) is 0 Å². The highest BCUT2D eigenvalue weighted by molar-refractivity contribution is 6.30. The first-order valence-corrected chi connectivity index (χ1v) is 6.12. The van der Waals surface area contributed by atoms with E-state index in [0.29, 0.717) is 29.7 Å². The molecule has 2 N–H and O–H groups in total. The minimum Gasteiger partial charge on any atom is -0.330 e. The number of nitrogens with two attached hydrogens (primary N) is 1. The van der Waals surface area contributed by atoms with Gasteiger partial charge in [0, 0.05) is 11.4 Å². The molecule has 0 bridgehead atoms. The van der Waals surface area contributed by atoms with Crippen molar-refractivity contribution < 1.29 is 0 Å². The maximum Gasteiger partial charge on any atom is 0.152 e. The molecule has 6 heteroatoms. The van der Waals surface area contributed by atoms with Crippen LogP contribution in [0.4, 0.5) is 0 Å². The average Bonchev–Trinajstić information content (AvgIpc) is 2.72. The van der Waals surface area contributed by atoms with E-state index >= 15 is 0 Å². The summed E-state index contributed by atoms with van der Waals surface area (Å²) in [6.45, 7) is 0.515. The van der Waals surface area contributed by atoms with Gasteiger partial charge in [-0.2, -0.15) is 0 Å². The highest BCUT2D eigenvalue weighted by atomic mass is 35.5. The van der Waals surface area contributed by atoms with Gasteiger partial charge in [-0.15, -0.1) is 21.8 Å². The highest BCUT2D eigenvalue weighted by Crippen LogP contribution is 2.18. The van der Waals surface area contributed by atoms with Crippen LogP contribution < -0.4 is 5.73 Å². The monoisotopic (exact) mass is 270 g/mol. The van der Waals surface area contributed by atoms with Crippen LogP contribution in [0.5, 0.6) is 0 Å². The molecule has 0 saturated heterocycles. The van der Waals surface area contributed by atoms with Crippen LogP contribution in [-0.4, -0.2) is 21.3 Å². The second-order valence-electron chi connectivity index (χ2n) is 3.52.